The third kappa shape index (κ3) is 10.1. The van der Waals surface area contributed by atoms with E-state index in [0.29, 0.717) is 30.6 Å². The zero-order valence-electron chi connectivity index (χ0n) is 29.5. The van der Waals surface area contributed by atoms with Crippen molar-refractivity contribution in [3.05, 3.63) is 90.5 Å². The second-order valence-electron chi connectivity index (χ2n) is 13.2. The lowest BCUT2D eigenvalue weighted by Crippen LogP contribution is -2.28. The van der Waals surface area contributed by atoms with Crippen molar-refractivity contribution in [3.8, 4) is 16.9 Å². The van der Waals surface area contributed by atoms with Gasteiger partial charge in [-0.15, -0.1) is 0 Å². The maximum Gasteiger partial charge on any atom is 0.231 e. The van der Waals surface area contributed by atoms with Crippen molar-refractivity contribution in [2.24, 2.45) is 5.92 Å². The molecule has 0 saturated heterocycles. The number of hydrogen-bond donors (Lipinski definition) is 1. The SMILES string of the molecule is CCCCOCCOc1ccc(-c2ccc3c(c2)N(CC(C)C)CCC[C@@H]3C(=O)Nc2ccc([S+]([O-])Cc3cncn3CCC)cc2)cc1. The topological polar surface area (TPSA) is 91.7 Å². The monoisotopic (exact) mass is 684 g/mol. The van der Waals surface area contributed by atoms with Gasteiger partial charge in [-0.1, -0.05) is 58.4 Å². The summed E-state index contributed by atoms with van der Waals surface area (Å²) in [6.45, 7) is 13.3. The highest BCUT2D eigenvalue weighted by molar-refractivity contribution is 7.90. The minimum absolute atomic E-state index is 0.0158. The first kappa shape index (κ1) is 36.5. The molecule has 49 heavy (non-hydrogen) atoms. The number of ether oxygens (including phenoxy) is 2. The summed E-state index contributed by atoms with van der Waals surface area (Å²) >= 11 is -1.21. The number of rotatable bonds is 17. The molecule has 262 valence electrons. The van der Waals surface area contributed by atoms with Gasteiger partial charge < -0.3 is 28.8 Å². The Hall–Kier alpha value is -3.79. The van der Waals surface area contributed by atoms with Gasteiger partial charge in [-0.05, 0) is 102 Å². The van der Waals surface area contributed by atoms with E-state index in [-0.39, 0.29) is 11.8 Å². The first-order valence-electron chi connectivity index (χ1n) is 17.8. The molecule has 1 N–H and O–H groups in total. The summed E-state index contributed by atoms with van der Waals surface area (Å²) in [6, 6.07) is 22.1. The Balaban J connectivity index is 1.28. The predicted octanol–water partition coefficient (Wildman–Crippen LogP) is 8.44. The lowest BCUT2D eigenvalue weighted by molar-refractivity contribution is -0.117. The molecule has 5 rings (SSSR count). The predicted molar refractivity (Wildman–Crippen MR) is 200 cm³/mol. The molecule has 2 atom stereocenters. The van der Waals surface area contributed by atoms with Crippen molar-refractivity contribution in [1.29, 1.82) is 0 Å². The zero-order chi connectivity index (χ0) is 34.6. The third-order valence-electron chi connectivity index (χ3n) is 8.82. The van der Waals surface area contributed by atoms with Crippen LogP contribution < -0.4 is 15.0 Å². The number of unbranched alkanes of at least 4 members (excludes halogenated alkanes) is 1. The molecule has 1 aromatic heterocycles. The molecule has 9 heteroatoms. The number of benzene rings is 3. The summed E-state index contributed by atoms with van der Waals surface area (Å²) in [6.07, 6.45) is 8.47. The Bertz CT molecular complexity index is 1610. The van der Waals surface area contributed by atoms with Crippen LogP contribution in [0.4, 0.5) is 11.4 Å². The van der Waals surface area contributed by atoms with Crippen LogP contribution in [-0.4, -0.2) is 52.9 Å². The van der Waals surface area contributed by atoms with Crippen LogP contribution in [0.3, 0.4) is 0 Å². The number of aryl methyl sites for hydroxylation is 1. The fourth-order valence-electron chi connectivity index (χ4n) is 6.31. The highest BCUT2D eigenvalue weighted by atomic mass is 32.2. The molecule has 8 nitrogen and oxygen atoms in total. The molecule has 0 aliphatic carbocycles. The number of fused-ring (bicyclic) bond motifs is 1. The summed E-state index contributed by atoms with van der Waals surface area (Å²) in [5.74, 6) is 1.43. The lowest BCUT2D eigenvalue weighted by atomic mass is 9.91. The Kier molecular flexibility index (Phi) is 13.6. The molecule has 0 radical (unpaired) electrons. The fraction of sp³-hybridized carbons (Fsp3) is 0.450. The highest BCUT2D eigenvalue weighted by Crippen LogP contribution is 2.39. The van der Waals surface area contributed by atoms with Crippen LogP contribution in [0.1, 0.15) is 77.0 Å². The molecule has 0 spiro atoms. The van der Waals surface area contributed by atoms with Crippen LogP contribution in [0.15, 0.2) is 84.1 Å². The van der Waals surface area contributed by atoms with Gasteiger partial charge in [-0.2, -0.15) is 0 Å². The number of carbonyl (C=O) groups is 1. The van der Waals surface area contributed by atoms with Crippen molar-refractivity contribution in [1.82, 2.24) is 9.55 Å². The van der Waals surface area contributed by atoms with Crippen molar-refractivity contribution < 1.29 is 18.8 Å². The van der Waals surface area contributed by atoms with Gasteiger partial charge >= 0.3 is 0 Å². The second kappa shape index (κ2) is 18.3. The van der Waals surface area contributed by atoms with E-state index in [1.54, 1.807) is 12.5 Å². The minimum atomic E-state index is -1.21. The van der Waals surface area contributed by atoms with Gasteiger partial charge in [0.15, 0.2) is 10.6 Å². The van der Waals surface area contributed by atoms with Gasteiger partial charge in [-0.25, -0.2) is 4.98 Å². The maximum absolute atomic E-state index is 13.9. The summed E-state index contributed by atoms with van der Waals surface area (Å²) in [5.41, 5.74) is 6.08. The van der Waals surface area contributed by atoms with E-state index in [0.717, 1.165) is 97.1 Å². The highest BCUT2D eigenvalue weighted by Gasteiger charge is 2.29. The van der Waals surface area contributed by atoms with Crippen LogP contribution in [0.5, 0.6) is 5.75 Å². The molecule has 1 aliphatic heterocycles. The molecule has 1 unspecified atom stereocenters. The standard InChI is InChI=1S/C40H52N4O4S/c1-5-7-22-47-23-24-48-35-15-10-31(11-16-35)32-12-19-37-38(9-8-21-43(27-30(3)4)39(37)25-32)40(45)42-33-13-17-36(18-14-33)49(46)28-34-26-41-29-44(34)20-6-2/h10-19,25-26,29-30,38H,5-9,20-24,27-28H2,1-4H3,(H,42,45)/t38-,49?/m0/s1. The fourth-order valence-corrected chi connectivity index (χ4v) is 7.43. The van der Waals surface area contributed by atoms with E-state index in [1.165, 1.54) is 0 Å². The number of imidazole rings is 1. The smallest absolute Gasteiger partial charge is 0.231 e. The van der Waals surface area contributed by atoms with E-state index >= 15 is 0 Å². The van der Waals surface area contributed by atoms with Crippen molar-refractivity contribution >= 4 is 28.5 Å². The molecule has 3 aromatic carbocycles. The van der Waals surface area contributed by atoms with Crippen LogP contribution in [-0.2, 0) is 33.0 Å². The van der Waals surface area contributed by atoms with E-state index in [9.17, 15) is 9.35 Å². The quantitative estimate of drug-likeness (QED) is 0.0887. The van der Waals surface area contributed by atoms with Gasteiger partial charge in [0.05, 0.1) is 30.7 Å². The zero-order valence-corrected chi connectivity index (χ0v) is 30.3. The summed E-state index contributed by atoms with van der Waals surface area (Å²) in [5, 5.41) is 3.16. The first-order chi connectivity index (χ1) is 23.9. The molecule has 2 heterocycles. The number of carbonyl (C=O) groups excluding carboxylic acids is 1. The van der Waals surface area contributed by atoms with Gasteiger partial charge in [-0.3, -0.25) is 4.79 Å². The molecule has 1 amide bonds. The largest absolute Gasteiger partial charge is 0.611 e. The third-order valence-corrected chi connectivity index (χ3v) is 10.2. The Labute approximate surface area is 295 Å². The Morgan fingerprint density at radius 3 is 2.51 bits per heavy atom. The van der Waals surface area contributed by atoms with E-state index in [4.69, 9.17) is 9.47 Å². The molecule has 4 aromatic rings. The van der Waals surface area contributed by atoms with Gasteiger partial charge in [0, 0.05) is 37.6 Å². The van der Waals surface area contributed by atoms with Crippen LogP contribution in [0, 0.1) is 5.92 Å². The van der Waals surface area contributed by atoms with Crippen molar-refractivity contribution in [3.63, 3.8) is 0 Å². The van der Waals surface area contributed by atoms with E-state index in [2.05, 4.69) is 77.8 Å². The average Bonchev–Trinajstić information content (AvgIpc) is 3.45. The van der Waals surface area contributed by atoms with Gasteiger partial charge in [0.2, 0.25) is 5.91 Å². The molecule has 0 saturated carbocycles. The lowest BCUT2D eigenvalue weighted by Gasteiger charge is -2.28. The first-order valence-corrected chi connectivity index (χ1v) is 19.2. The normalized spacial score (nSPS) is 15.1. The molecule has 1 aliphatic rings. The van der Waals surface area contributed by atoms with Crippen LogP contribution >= 0.6 is 0 Å². The van der Waals surface area contributed by atoms with Crippen molar-refractivity contribution in [2.75, 3.05) is 43.1 Å². The summed E-state index contributed by atoms with van der Waals surface area (Å²) in [4.78, 5) is 21.3. The second-order valence-corrected chi connectivity index (χ2v) is 14.7. The number of aromatic nitrogens is 2. The summed E-state index contributed by atoms with van der Waals surface area (Å²) in [7, 11) is 0. The molecular formula is C40H52N4O4S. The number of nitrogens with one attached hydrogen (secondary N) is 1. The maximum atomic E-state index is 13.9. The molecule has 0 bridgehead atoms. The van der Waals surface area contributed by atoms with Crippen LogP contribution in [0.2, 0.25) is 0 Å². The van der Waals surface area contributed by atoms with E-state index in [1.807, 2.05) is 36.4 Å². The summed E-state index contributed by atoms with van der Waals surface area (Å²) < 4.78 is 26.7. The Morgan fingerprint density at radius 2 is 1.78 bits per heavy atom. The number of amides is 1. The number of anilines is 2. The number of nitrogens with zero attached hydrogens (tertiary/aromatic N) is 3. The molecule has 0 fully saturated rings. The van der Waals surface area contributed by atoms with Gasteiger partial charge in [0.25, 0.3) is 0 Å². The average molecular weight is 685 g/mol. The number of hydrogen-bond acceptors (Lipinski definition) is 6. The molecular weight excluding hydrogens is 633 g/mol. The minimum Gasteiger partial charge on any atom is -0.611 e. The van der Waals surface area contributed by atoms with E-state index < -0.39 is 11.2 Å². The van der Waals surface area contributed by atoms with Gasteiger partial charge in [0.1, 0.15) is 12.4 Å². The van der Waals surface area contributed by atoms with Crippen LogP contribution in [0.25, 0.3) is 11.1 Å². The Morgan fingerprint density at radius 1 is 1.00 bits per heavy atom. The van der Waals surface area contributed by atoms with Crippen molar-refractivity contribution in [2.45, 2.75) is 82.9 Å².